The average molecular weight is 1140 g/mol. The number of pyridine rings is 1. The molecule has 0 aliphatic carbocycles. The van der Waals surface area contributed by atoms with E-state index in [4.69, 9.17) is 14.9 Å². The van der Waals surface area contributed by atoms with Crippen molar-refractivity contribution in [2.45, 2.75) is 83.4 Å². The van der Waals surface area contributed by atoms with Crippen LogP contribution in [0.1, 0.15) is 87.0 Å². The number of nitrogens with zero attached hydrogens (tertiary/aromatic N) is 3. The number of aromatic nitrogens is 3. The number of aryl methyl sites for hydroxylation is 1. The summed E-state index contributed by atoms with van der Waals surface area (Å²) in [5.41, 5.74) is 13.6. The van der Waals surface area contributed by atoms with Gasteiger partial charge in [0.1, 0.15) is 5.58 Å². The average Bonchev–Trinajstić information content (AvgIpc) is 3.94. The molecule has 11 rings (SSSR count). The molecular formula is C63H59GeIrN3O-2. The molecule has 1 radical (unpaired) electrons. The number of hydrogen-bond donors (Lipinski definition) is 0. The third-order valence-corrected chi connectivity index (χ3v) is 17.4. The Hall–Kier alpha value is -6.11. The van der Waals surface area contributed by atoms with E-state index < -0.39 is 26.0 Å². The largest absolute Gasteiger partial charge is 0 e. The summed E-state index contributed by atoms with van der Waals surface area (Å²) in [6, 6.07) is 58.9. The zero-order chi connectivity index (χ0) is 50.9. The van der Waals surface area contributed by atoms with Crippen LogP contribution in [0.15, 0.2) is 162 Å². The van der Waals surface area contributed by atoms with Gasteiger partial charge in [0, 0.05) is 36.6 Å². The molecule has 0 aliphatic rings. The van der Waals surface area contributed by atoms with Gasteiger partial charge in [-0.15, -0.1) is 18.2 Å². The van der Waals surface area contributed by atoms with Crippen molar-refractivity contribution >= 4 is 72.2 Å². The summed E-state index contributed by atoms with van der Waals surface area (Å²) in [6.45, 7) is 10.8. The van der Waals surface area contributed by atoms with Gasteiger partial charge in [-0.3, -0.25) is 4.98 Å². The van der Waals surface area contributed by atoms with Crippen molar-refractivity contribution in [3.63, 3.8) is 0 Å². The molecular weight excluding hydrogens is 1080 g/mol. The fourth-order valence-electron chi connectivity index (χ4n) is 9.69. The third kappa shape index (κ3) is 9.02. The molecule has 11 aromatic rings. The Morgan fingerprint density at radius 2 is 1.30 bits per heavy atom. The van der Waals surface area contributed by atoms with Gasteiger partial charge in [-0.05, 0) is 74.5 Å². The van der Waals surface area contributed by atoms with Gasteiger partial charge in [-0.2, -0.15) is 0 Å². The van der Waals surface area contributed by atoms with Crippen LogP contribution >= 0.6 is 0 Å². The maximum Gasteiger partial charge on any atom is 0 e. The SMILES string of the molecule is CC(C)c1cc(-c2ccccc2)cc(C(C)C)c1-n1c(-c2[c-]ccc3c2oc2c3ccc3c4ccccc4ccc32)nc2ccccc21.[2H]C([2H])([2H])c1c[c-]c(-c2cc(C([2H])(C)C)[c]([Ge]([CH3])([CH3])[CH3])cn2)cc1.[Ir]. The zero-order valence-corrected chi connectivity index (χ0v) is 45.2. The molecule has 0 aliphatic heterocycles. The molecule has 0 bridgehead atoms. The molecule has 69 heavy (non-hydrogen) atoms. The number of imidazole rings is 1. The van der Waals surface area contributed by atoms with Crippen molar-refractivity contribution in [1.29, 1.82) is 0 Å². The summed E-state index contributed by atoms with van der Waals surface area (Å²) >= 11 is -2.14. The molecule has 0 atom stereocenters. The Kier molecular flexibility index (Phi) is 12.0. The van der Waals surface area contributed by atoms with Crippen LogP contribution in [0.5, 0.6) is 0 Å². The first kappa shape index (κ1) is 43.0. The molecule has 347 valence electrons. The van der Waals surface area contributed by atoms with Gasteiger partial charge >= 0.3 is 131 Å². The summed E-state index contributed by atoms with van der Waals surface area (Å²) in [5.74, 6) is 7.58. The molecule has 0 N–H and O–H groups in total. The van der Waals surface area contributed by atoms with Gasteiger partial charge in [-0.1, -0.05) is 130 Å². The van der Waals surface area contributed by atoms with Crippen LogP contribution in [0.3, 0.4) is 0 Å². The van der Waals surface area contributed by atoms with Gasteiger partial charge in [-0.25, -0.2) is 0 Å². The van der Waals surface area contributed by atoms with Crippen LogP contribution in [0, 0.1) is 19.0 Å². The molecule has 3 heterocycles. The van der Waals surface area contributed by atoms with Crippen LogP contribution in [0.25, 0.3) is 94.0 Å². The van der Waals surface area contributed by atoms with Gasteiger partial charge in [0.05, 0.1) is 22.4 Å². The van der Waals surface area contributed by atoms with E-state index in [1.165, 1.54) is 54.6 Å². The van der Waals surface area contributed by atoms with Gasteiger partial charge in [0.2, 0.25) is 0 Å². The normalized spacial score (nSPS) is 13.1. The molecule has 0 fully saturated rings. The first-order valence-electron chi connectivity index (χ1n) is 25.7. The first-order chi connectivity index (χ1) is 34.3. The second-order valence-corrected chi connectivity index (χ2v) is 30.4. The Bertz CT molecular complexity index is 3800. The zero-order valence-electron chi connectivity index (χ0n) is 44.7. The van der Waals surface area contributed by atoms with E-state index in [0.29, 0.717) is 0 Å². The Morgan fingerprint density at radius 1 is 0.638 bits per heavy atom. The number of hydrogen-bond acceptors (Lipinski definition) is 3. The molecule has 6 heteroatoms. The van der Waals surface area contributed by atoms with E-state index in [2.05, 4.69) is 188 Å². The summed E-state index contributed by atoms with van der Waals surface area (Å²) in [4.78, 5) is 9.91. The minimum absolute atomic E-state index is 0. The maximum absolute atomic E-state index is 8.49. The minimum atomic E-state index is -2.14. The molecule has 0 spiro atoms. The van der Waals surface area contributed by atoms with E-state index in [-0.39, 0.29) is 37.5 Å². The Labute approximate surface area is 429 Å². The van der Waals surface area contributed by atoms with Crippen molar-refractivity contribution < 1.29 is 30.0 Å². The second-order valence-electron chi connectivity index (χ2n) is 19.8. The van der Waals surface area contributed by atoms with E-state index in [0.717, 1.165) is 66.6 Å². The molecule has 8 aromatic carbocycles. The van der Waals surface area contributed by atoms with Crippen LogP contribution in [0.2, 0.25) is 17.3 Å². The number of furan rings is 1. The summed E-state index contributed by atoms with van der Waals surface area (Å²) in [6.07, 6.45) is 1.91. The Balaban J connectivity index is 0.000000223. The summed E-state index contributed by atoms with van der Waals surface area (Å²) in [7, 11) is 0. The number of para-hydroxylation sites is 2. The van der Waals surface area contributed by atoms with Crippen molar-refractivity contribution in [1.82, 2.24) is 14.5 Å². The number of benzene rings is 8. The van der Waals surface area contributed by atoms with Gasteiger partial charge in [0.25, 0.3) is 0 Å². The van der Waals surface area contributed by atoms with Crippen molar-refractivity contribution in [2.75, 3.05) is 0 Å². The third-order valence-electron chi connectivity index (χ3n) is 13.2. The van der Waals surface area contributed by atoms with E-state index in [1.807, 2.05) is 32.2 Å². The van der Waals surface area contributed by atoms with Crippen LogP contribution in [-0.2, 0) is 20.1 Å². The number of fused-ring (bicyclic) bond motifs is 8. The minimum Gasteiger partial charge on any atom is 0 e. The molecule has 0 saturated heterocycles. The van der Waals surface area contributed by atoms with Crippen molar-refractivity contribution in [2.24, 2.45) is 0 Å². The summed E-state index contributed by atoms with van der Waals surface area (Å²) in [5, 5.41) is 6.93. The first-order valence-corrected chi connectivity index (χ1v) is 31.0. The predicted octanol–water partition coefficient (Wildman–Crippen LogP) is 17.1. The predicted molar refractivity (Wildman–Crippen MR) is 292 cm³/mol. The molecule has 4 nitrogen and oxygen atoms in total. The van der Waals surface area contributed by atoms with E-state index >= 15 is 0 Å². The quantitative estimate of drug-likeness (QED) is 0.0865. The molecule has 0 saturated carbocycles. The van der Waals surface area contributed by atoms with Crippen LogP contribution in [0.4, 0.5) is 0 Å². The van der Waals surface area contributed by atoms with Gasteiger partial charge in [0.15, 0.2) is 0 Å². The number of rotatable bonds is 8. The molecule has 0 unspecified atom stereocenters. The Morgan fingerprint density at radius 3 is 2.00 bits per heavy atom. The van der Waals surface area contributed by atoms with Crippen LogP contribution < -0.4 is 4.40 Å². The van der Waals surface area contributed by atoms with Gasteiger partial charge < -0.3 is 8.98 Å². The smallest absolute Gasteiger partial charge is 0 e. The van der Waals surface area contributed by atoms with Crippen LogP contribution in [-0.4, -0.2) is 27.8 Å². The maximum atomic E-state index is 8.49. The monoisotopic (exact) mass is 1140 g/mol. The van der Waals surface area contributed by atoms with Crippen molar-refractivity contribution in [3.05, 3.63) is 192 Å². The van der Waals surface area contributed by atoms with Crippen molar-refractivity contribution in [3.8, 4) is 39.5 Å². The second kappa shape index (κ2) is 19.4. The standard InChI is InChI=1S/C45H35N2O.C18H24GeN.Ir/c1-27(2)38-25-31(29-13-6-5-7-14-29)26-39(28(3)4)42(38)47-41-20-11-10-19-40(41)46-45(47)37-18-12-17-34-36-24-23-33-32-16-9-8-15-30(32)21-22-35(33)43(36)48-44(34)37;1-13(2)16-11-18(15-9-7-14(3)8-10-15)20-12-17(16)19(4,5)6;/h5-17,19-28H,1-4H3;7-9,11-13H,1-6H3;/q2*-1;/i;3D3,13D;. The fraction of sp³-hybridized carbons (Fsp3) is 0.206. The fourth-order valence-corrected chi connectivity index (χ4v) is 13.0. The molecule has 3 aromatic heterocycles. The van der Waals surface area contributed by atoms with E-state index in [9.17, 15) is 0 Å². The topological polar surface area (TPSA) is 43.9 Å². The summed E-state index contributed by atoms with van der Waals surface area (Å²) < 4.78 is 41.3. The van der Waals surface area contributed by atoms with E-state index in [1.54, 1.807) is 12.1 Å². The molecule has 0 amide bonds.